The molecule has 0 unspecified atom stereocenters. The van der Waals surface area contributed by atoms with Gasteiger partial charge in [-0.1, -0.05) is 12.1 Å². The van der Waals surface area contributed by atoms with E-state index < -0.39 is 0 Å². The van der Waals surface area contributed by atoms with Gasteiger partial charge in [0, 0.05) is 26.2 Å². The molecule has 0 atom stereocenters. The second-order valence-electron chi connectivity index (χ2n) is 5.33. The predicted molar refractivity (Wildman–Crippen MR) is 73.4 cm³/mol. The summed E-state index contributed by atoms with van der Waals surface area (Å²) in [7, 11) is 2.18. The van der Waals surface area contributed by atoms with Gasteiger partial charge < -0.3 is 9.80 Å². The summed E-state index contributed by atoms with van der Waals surface area (Å²) in [6.07, 6.45) is 2.21. The minimum Gasteiger partial charge on any atom is -0.304 e. The number of benzene rings is 1. The van der Waals surface area contributed by atoms with E-state index in [1.165, 1.54) is 31.7 Å². The fraction of sp³-hybridized carbons (Fsp3) is 0.600. The summed E-state index contributed by atoms with van der Waals surface area (Å²) in [4.78, 5) is 4.90. The van der Waals surface area contributed by atoms with Gasteiger partial charge in [-0.25, -0.2) is 4.39 Å². The highest BCUT2D eigenvalue weighted by atomic mass is 19.1. The molecule has 3 heteroatoms. The lowest BCUT2D eigenvalue weighted by Crippen LogP contribution is -2.44. The van der Waals surface area contributed by atoms with Crippen LogP contribution < -0.4 is 0 Å². The van der Waals surface area contributed by atoms with Crippen molar-refractivity contribution < 1.29 is 4.39 Å². The van der Waals surface area contributed by atoms with Crippen molar-refractivity contribution in [3.05, 3.63) is 35.1 Å². The van der Waals surface area contributed by atoms with Gasteiger partial charge in [0.05, 0.1) is 0 Å². The maximum atomic E-state index is 13.1. The van der Waals surface area contributed by atoms with Crippen LogP contribution >= 0.6 is 0 Å². The molecule has 0 radical (unpaired) electrons. The lowest BCUT2D eigenvalue weighted by Gasteiger charge is -2.32. The van der Waals surface area contributed by atoms with Crippen molar-refractivity contribution in [3.63, 3.8) is 0 Å². The highest BCUT2D eigenvalue weighted by molar-refractivity contribution is 5.23. The summed E-state index contributed by atoms with van der Waals surface area (Å²) >= 11 is 0. The van der Waals surface area contributed by atoms with E-state index in [0.29, 0.717) is 0 Å². The van der Waals surface area contributed by atoms with Crippen molar-refractivity contribution in [1.82, 2.24) is 9.80 Å². The SMILES string of the molecule is Cc1cc(CCCN2CCN(C)CC2)ccc1F. The number of piperazine rings is 1. The second kappa shape index (κ2) is 6.30. The lowest BCUT2D eigenvalue weighted by molar-refractivity contribution is 0.153. The van der Waals surface area contributed by atoms with Crippen LogP contribution in [-0.2, 0) is 6.42 Å². The molecule has 0 amide bonds. The van der Waals surface area contributed by atoms with Gasteiger partial charge in [-0.2, -0.15) is 0 Å². The summed E-state index contributed by atoms with van der Waals surface area (Å²) in [5.74, 6) is -0.0992. The van der Waals surface area contributed by atoms with Crippen molar-refractivity contribution in [2.45, 2.75) is 19.8 Å². The number of nitrogens with zero attached hydrogens (tertiary/aromatic N) is 2. The van der Waals surface area contributed by atoms with Gasteiger partial charge in [-0.15, -0.1) is 0 Å². The Morgan fingerprint density at radius 1 is 1.17 bits per heavy atom. The van der Waals surface area contributed by atoms with Crippen LogP contribution in [-0.4, -0.2) is 49.6 Å². The third-order valence-electron chi connectivity index (χ3n) is 3.76. The molecule has 0 aliphatic carbocycles. The van der Waals surface area contributed by atoms with Crippen LogP contribution in [0.5, 0.6) is 0 Å². The summed E-state index contributed by atoms with van der Waals surface area (Å²) in [5.41, 5.74) is 2.01. The van der Waals surface area contributed by atoms with E-state index in [0.717, 1.165) is 24.9 Å². The summed E-state index contributed by atoms with van der Waals surface area (Å²) in [6.45, 7) is 7.70. The molecular weight excluding hydrogens is 227 g/mol. The van der Waals surface area contributed by atoms with Gasteiger partial charge in [0.1, 0.15) is 5.82 Å². The topological polar surface area (TPSA) is 6.48 Å². The first-order chi connectivity index (χ1) is 8.65. The number of halogens is 1. The molecule has 0 spiro atoms. The monoisotopic (exact) mass is 250 g/mol. The summed E-state index contributed by atoms with van der Waals surface area (Å²) in [6, 6.07) is 5.46. The zero-order valence-corrected chi connectivity index (χ0v) is 11.5. The molecule has 18 heavy (non-hydrogen) atoms. The largest absolute Gasteiger partial charge is 0.304 e. The third kappa shape index (κ3) is 3.79. The Kier molecular flexibility index (Phi) is 4.72. The van der Waals surface area contributed by atoms with E-state index in [2.05, 4.69) is 16.8 Å². The van der Waals surface area contributed by atoms with Gasteiger partial charge in [-0.3, -0.25) is 0 Å². The summed E-state index contributed by atoms with van der Waals surface area (Å²) < 4.78 is 13.1. The van der Waals surface area contributed by atoms with Crippen LogP contribution in [0, 0.1) is 12.7 Å². The molecule has 0 aromatic heterocycles. The molecule has 1 aromatic carbocycles. The Bertz CT molecular complexity index is 384. The number of hydrogen-bond acceptors (Lipinski definition) is 2. The predicted octanol–water partition coefficient (Wildman–Crippen LogP) is 2.31. The second-order valence-corrected chi connectivity index (χ2v) is 5.33. The standard InChI is InChI=1S/C15H23FN2/c1-13-12-14(5-6-15(13)16)4-3-7-18-10-8-17(2)9-11-18/h5-6,12H,3-4,7-11H2,1-2H3. The van der Waals surface area contributed by atoms with Crippen molar-refractivity contribution in [1.29, 1.82) is 0 Å². The molecule has 1 aliphatic heterocycles. The zero-order valence-electron chi connectivity index (χ0n) is 11.5. The minimum absolute atomic E-state index is 0.0992. The van der Waals surface area contributed by atoms with E-state index in [9.17, 15) is 4.39 Å². The van der Waals surface area contributed by atoms with E-state index in [4.69, 9.17) is 0 Å². The van der Waals surface area contributed by atoms with E-state index in [1.54, 1.807) is 6.07 Å². The Balaban J connectivity index is 1.73. The van der Waals surface area contributed by atoms with E-state index in [1.807, 2.05) is 19.1 Å². The minimum atomic E-state index is -0.0992. The van der Waals surface area contributed by atoms with Crippen LogP contribution in [0.1, 0.15) is 17.5 Å². The highest BCUT2D eigenvalue weighted by Gasteiger charge is 2.12. The van der Waals surface area contributed by atoms with Crippen LogP contribution in [0.2, 0.25) is 0 Å². The number of aryl methyl sites for hydroxylation is 2. The number of hydrogen-bond donors (Lipinski definition) is 0. The molecule has 1 heterocycles. The molecular formula is C15H23FN2. The molecule has 1 aliphatic rings. The average molecular weight is 250 g/mol. The fourth-order valence-corrected chi connectivity index (χ4v) is 2.44. The Morgan fingerprint density at radius 2 is 1.89 bits per heavy atom. The van der Waals surface area contributed by atoms with Gasteiger partial charge >= 0.3 is 0 Å². The molecule has 0 saturated carbocycles. The maximum Gasteiger partial charge on any atom is 0.126 e. The zero-order chi connectivity index (χ0) is 13.0. The van der Waals surface area contributed by atoms with E-state index in [-0.39, 0.29) is 5.82 Å². The van der Waals surface area contributed by atoms with Gasteiger partial charge in [-0.05, 0) is 50.6 Å². The number of likely N-dealkylation sites (N-methyl/N-ethyl adjacent to an activating group) is 1. The summed E-state index contributed by atoms with van der Waals surface area (Å²) in [5, 5.41) is 0. The first kappa shape index (κ1) is 13.5. The Labute approximate surface area is 109 Å². The molecule has 2 nitrogen and oxygen atoms in total. The first-order valence-corrected chi connectivity index (χ1v) is 6.81. The average Bonchev–Trinajstić information content (AvgIpc) is 2.36. The van der Waals surface area contributed by atoms with Crippen molar-refractivity contribution in [3.8, 4) is 0 Å². The lowest BCUT2D eigenvalue weighted by atomic mass is 10.1. The molecule has 0 N–H and O–H groups in total. The van der Waals surface area contributed by atoms with Crippen LogP contribution in [0.15, 0.2) is 18.2 Å². The van der Waals surface area contributed by atoms with E-state index >= 15 is 0 Å². The quantitative estimate of drug-likeness (QED) is 0.809. The van der Waals surface area contributed by atoms with Crippen molar-refractivity contribution in [2.75, 3.05) is 39.8 Å². The van der Waals surface area contributed by atoms with Crippen LogP contribution in [0.4, 0.5) is 4.39 Å². The van der Waals surface area contributed by atoms with Crippen molar-refractivity contribution in [2.24, 2.45) is 0 Å². The first-order valence-electron chi connectivity index (χ1n) is 6.81. The van der Waals surface area contributed by atoms with Crippen LogP contribution in [0.25, 0.3) is 0 Å². The molecule has 1 fully saturated rings. The van der Waals surface area contributed by atoms with Gasteiger partial charge in [0.2, 0.25) is 0 Å². The van der Waals surface area contributed by atoms with Gasteiger partial charge in [0.15, 0.2) is 0 Å². The molecule has 2 rings (SSSR count). The fourth-order valence-electron chi connectivity index (χ4n) is 2.44. The Hall–Kier alpha value is -0.930. The smallest absolute Gasteiger partial charge is 0.126 e. The van der Waals surface area contributed by atoms with Crippen LogP contribution in [0.3, 0.4) is 0 Å². The normalized spacial score (nSPS) is 18.2. The highest BCUT2D eigenvalue weighted by Crippen LogP contribution is 2.11. The molecule has 1 aromatic rings. The third-order valence-corrected chi connectivity index (χ3v) is 3.76. The molecule has 1 saturated heterocycles. The maximum absolute atomic E-state index is 13.1. The van der Waals surface area contributed by atoms with Gasteiger partial charge in [0.25, 0.3) is 0 Å². The molecule has 100 valence electrons. The number of rotatable bonds is 4. The molecule has 0 bridgehead atoms. The Morgan fingerprint density at radius 3 is 2.56 bits per heavy atom. The van der Waals surface area contributed by atoms with Crippen molar-refractivity contribution >= 4 is 0 Å².